The predicted molar refractivity (Wildman–Crippen MR) is 59.9 cm³/mol. The van der Waals surface area contributed by atoms with E-state index in [0.29, 0.717) is 18.9 Å². The second-order valence-electron chi connectivity index (χ2n) is 4.80. The fourth-order valence-corrected chi connectivity index (χ4v) is 2.33. The van der Waals surface area contributed by atoms with E-state index in [1.807, 2.05) is 0 Å². The van der Waals surface area contributed by atoms with Crippen molar-refractivity contribution >= 4 is 11.9 Å². The minimum atomic E-state index is -0.213. The summed E-state index contributed by atoms with van der Waals surface area (Å²) in [5.74, 6) is 0.444. The van der Waals surface area contributed by atoms with Crippen LogP contribution in [0.25, 0.3) is 0 Å². The minimum absolute atomic E-state index is 0.148. The summed E-state index contributed by atoms with van der Waals surface area (Å²) >= 11 is 0. The number of carbonyl (C=O) groups is 2. The van der Waals surface area contributed by atoms with Crippen molar-refractivity contribution in [1.29, 1.82) is 0 Å². The lowest BCUT2D eigenvalue weighted by molar-refractivity contribution is -0.121. The second-order valence-corrected chi connectivity index (χ2v) is 4.80. The zero-order valence-electron chi connectivity index (χ0n) is 9.74. The van der Waals surface area contributed by atoms with Gasteiger partial charge in [0.05, 0.1) is 0 Å². The summed E-state index contributed by atoms with van der Waals surface area (Å²) in [7, 11) is 2.13. The van der Waals surface area contributed by atoms with Crippen LogP contribution < -0.4 is 5.32 Å². The Balaban J connectivity index is 1.81. The molecular weight excluding hydrogens is 206 g/mol. The molecule has 2 fully saturated rings. The number of likely N-dealkylation sites (tertiary alicyclic amines) is 1. The first kappa shape index (κ1) is 11.4. The van der Waals surface area contributed by atoms with Crippen LogP contribution in [0.4, 0.5) is 4.79 Å². The van der Waals surface area contributed by atoms with Gasteiger partial charge in [-0.1, -0.05) is 0 Å². The van der Waals surface area contributed by atoms with E-state index >= 15 is 0 Å². The van der Waals surface area contributed by atoms with Crippen LogP contribution in [0.3, 0.4) is 0 Å². The Labute approximate surface area is 95.8 Å². The molecule has 2 heterocycles. The van der Waals surface area contributed by atoms with Gasteiger partial charge in [-0.2, -0.15) is 0 Å². The number of carbonyl (C=O) groups excluding carboxylic acids is 2. The van der Waals surface area contributed by atoms with Crippen LogP contribution in [-0.2, 0) is 4.79 Å². The SMILES string of the molecule is CN1CCC(CN2CCC(=O)NC2=O)CC1. The predicted octanol–water partition coefficient (Wildman–Crippen LogP) is 0.270. The maximum atomic E-state index is 11.5. The van der Waals surface area contributed by atoms with E-state index in [1.54, 1.807) is 4.90 Å². The molecule has 0 bridgehead atoms. The van der Waals surface area contributed by atoms with E-state index in [0.717, 1.165) is 32.5 Å². The van der Waals surface area contributed by atoms with Gasteiger partial charge in [-0.15, -0.1) is 0 Å². The quantitative estimate of drug-likeness (QED) is 0.734. The molecule has 5 nitrogen and oxygen atoms in total. The van der Waals surface area contributed by atoms with Crippen molar-refractivity contribution in [3.8, 4) is 0 Å². The van der Waals surface area contributed by atoms with Gasteiger partial charge >= 0.3 is 6.03 Å². The van der Waals surface area contributed by atoms with Crippen LogP contribution in [0, 0.1) is 5.92 Å². The molecule has 0 atom stereocenters. The van der Waals surface area contributed by atoms with Gasteiger partial charge in [0.15, 0.2) is 0 Å². The zero-order valence-corrected chi connectivity index (χ0v) is 9.74. The molecule has 2 aliphatic heterocycles. The third kappa shape index (κ3) is 2.72. The molecule has 2 saturated heterocycles. The number of piperidine rings is 1. The Morgan fingerprint density at radius 1 is 1.25 bits per heavy atom. The number of hydrogen-bond acceptors (Lipinski definition) is 3. The number of urea groups is 1. The summed E-state index contributed by atoms with van der Waals surface area (Å²) in [5, 5.41) is 2.37. The summed E-state index contributed by atoms with van der Waals surface area (Å²) < 4.78 is 0. The van der Waals surface area contributed by atoms with Crippen LogP contribution in [-0.4, -0.2) is 55.0 Å². The van der Waals surface area contributed by atoms with Crippen molar-refractivity contribution in [2.45, 2.75) is 19.3 Å². The average Bonchev–Trinajstić information content (AvgIpc) is 2.25. The number of imide groups is 1. The average molecular weight is 225 g/mol. The smallest absolute Gasteiger partial charge is 0.324 e. The Kier molecular flexibility index (Phi) is 3.43. The Morgan fingerprint density at radius 3 is 2.56 bits per heavy atom. The van der Waals surface area contributed by atoms with Crippen molar-refractivity contribution in [3.05, 3.63) is 0 Å². The third-order valence-electron chi connectivity index (χ3n) is 3.46. The fraction of sp³-hybridized carbons (Fsp3) is 0.818. The third-order valence-corrected chi connectivity index (χ3v) is 3.46. The van der Waals surface area contributed by atoms with Gasteiger partial charge in [0.25, 0.3) is 0 Å². The molecular formula is C11H19N3O2. The first-order valence-corrected chi connectivity index (χ1v) is 5.92. The minimum Gasteiger partial charge on any atom is -0.324 e. The van der Waals surface area contributed by atoms with Gasteiger partial charge in [-0.3, -0.25) is 10.1 Å². The highest BCUT2D eigenvalue weighted by Gasteiger charge is 2.26. The molecule has 0 aliphatic carbocycles. The summed E-state index contributed by atoms with van der Waals surface area (Å²) in [4.78, 5) is 26.6. The lowest BCUT2D eigenvalue weighted by Gasteiger charge is -2.34. The zero-order chi connectivity index (χ0) is 11.5. The maximum Gasteiger partial charge on any atom is 0.324 e. The van der Waals surface area contributed by atoms with Gasteiger partial charge < -0.3 is 9.80 Å². The van der Waals surface area contributed by atoms with Crippen molar-refractivity contribution in [3.63, 3.8) is 0 Å². The molecule has 5 heteroatoms. The molecule has 3 amide bonds. The maximum absolute atomic E-state index is 11.5. The van der Waals surface area contributed by atoms with Gasteiger partial charge in [0.1, 0.15) is 0 Å². The number of nitrogens with zero attached hydrogens (tertiary/aromatic N) is 2. The van der Waals surface area contributed by atoms with Crippen molar-refractivity contribution in [2.24, 2.45) is 5.92 Å². The van der Waals surface area contributed by atoms with Gasteiger partial charge in [0, 0.05) is 19.5 Å². The molecule has 0 unspecified atom stereocenters. The molecule has 2 rings (SSSR count). The number of amides is 3. The standard InChI is InChI=1S/C11H19N3O2/c1-13-5-2-9(3-6-13)8-14-7-4-10(15)12-11(14)16/h9H,2-8H2,1H3,(H,12,15,16). The summed E-state index contributed by atoms with van der Waals surface area (Å²) in [6.45, 7) is 3.60. The molecule has 0 radical (unpaired) electrons. The highest BCUT2D eigenvalue weighted by atomic mass is 16.2. The van der Waals surface area contributed by atoms with Gasteiger partial charge in [0.2, 0.25) is 5.91 Å². The molecule has 1 N–H and O–H groups in total. The van der Waals surface area contributed by atoms with E-state index in [2.05, 4.69) is 17.3 Å². The van der Waals surface area contributed by atoms with Gasteiger partial charge in [-0.05, 0) is 38.9 Å². The van der Waals surface area contributed by atoms with Crippen LogP contribution in [0.5, 0.6) is 0 Å². The van der Waals surface area contributed by atoms with E-state index in [9.17, 15) is 9.59 Å². The number of hydrogen-bond donors (Lipinski definition) is 1. The molecule has 0 aromatic rings. The molecule has 2 aliphatic rings. The van der Waals surface area contributed by atoms with E-state index < -0.39 is 0 Å². The van der Waals surface area contributed by atoms with E-state index in [4.69, 9.17) is 0 Å². The monoisotopic (exact) mass is 225 g/mol. The molecule has 16 heavy (non-hydrogen) atoms. The Bertz CT molecular complexity index is 285. The van der Waals surface area contributed by atoms with Crippen LogP contribution in [0.15, 0.2) is 0 Å². The second kappa shape index (κ2) is 4.82. The van der Waals surface area contributed by atoms with Gasteiger partial charge in [-0.25, -0.2) is 4.79 Å². The molecule has 90 valence electrons. The first-order chi connectivity index (χ1) is 7.65. The summed E-state index contributed by atoms with van der Waals surface area (Å²) in [6.07, 6.45) is 2.74. The summed E-state index contributed by atoms with van der Waals surface area (Å²) in [5.41, 5.74) is 0. The lowest BCUT2D eigenvalue weighted by Crippen LogP contribution is -2.51. The number of nitrogens with one attached hydrogen (secondary N) is 1. The number of rotatable bonds is 2. The molecule has 0 aromatic carbocycles. The Morgan fingerprint density at radius 2 is 1.94 bits per heavy atom. The van der Waals surface area contributed by atoms with Crippen LogP contribution >= 0.6 is 0 Å². The normalized spacial score (nSPS) is 24.7. The Hall–Kier alpha value is -1.10. The summed E-state index contributed by atoms with van der Waals surface area (Å²) in [6, 6.07) is -0.213. The fourth-order valence-electron chi connectivity index (χ4n) is 2.33. The van der Waals surface area contributed by atoms with Crippen molar-refractivity contribution in [1.82, 2.24) is 15.1 Å². The lowest BCUT2D eigenvalue weighted by atomic mass is 9.96. The highest BCUT2D eigenvalue weighted by molar-refractivity contribution is 5.96. The molecule has 0 saturated carbocycles. The van der Waals surface area contributed by atoms with Crippen molar-refractivity contribution in [2.75, 3.05) is 33.2 Å². The largest absolute Gasteiger partial charge is 0.324 e. The molecule has 0 spiro atoms. The van der Waals surface area contributed by atoms with E-state index in [-0.39, 0.29) is 11.9 Å². The highest BCUT2D eigenvalue weighted by Crippen LogP contribution is 2.18. The van der Waals surface area contributed by atoms with Crippen LogP contribution in [0.1, 0.15) is 19.3 Å². The van der Waals surface area contributed by atoms with Crippen LogP contribution in [0.2, 0.25) is 0 Å². The molecule has 0 aromatic heterocycles. The first-order valence-electron chi connectivity index (χ1n) is 5.92. The van der Waals surface area contributed by atoms with Crippen molar-refractivity contribution < 1.29 is 9.59 Å². The van der Waals surface area contributed by atoms with E-state index in [1.165, 1.54) is 0 Å². The topological polar surface area (TPSA) is 52.6 Å².